The minimum atomic E-state index is -0.554. The van der Waals surface area contributed by atoms with Crippen LogP contribution in [0.15, 0.2) is 47.6 Å². The van der Waals surface area contributed by atoms with Gasteiger partial charge in [-0.05, 0) is 34.8 Å². The first kappa shape index (κ1) is 14.8. The minimum absolute atomic E-state index is 0.393. The number of azide groups is 1. The molecule has 0 aliphatic rings. The normalized spacial score (nSPS) is 11.8. The number of nitrogens with zero attached hydrogens (tertiary/aromatic N) is 3. The average molecular weight is 283 g/mol. The second-order valence-corrected chi connectivity index (χ2v) is 4.67. The van der Waals surface area contributed by atoms with Crippen LogP contribution in [0.25, 0.3) is 21.2 Å². The molecular formula is C15H17N5O. The molecule has 1 amide bonds. The van der Waals surface area contributed by atoms with Crippen LogP contribution in [0.1, 0.15) is 18.0 Å². The molecule has 0 aliphatic heterocycles. The molecule has 0 spiro atoms. The van der Waals surface area contributed by atoms with E-state index in [4.69, 9.17) is 11.3 Å². The second kappa shape index (κ2) is 7.28. The summed E-state index contributed by atoms with van der Waals surface area (Å²) in [6.45, 7) is 0.945. The van der Waals surface area contributed by atoms with Crippen molar-refractivity contribution in [2.75, 3.05) is 13.1 Å². The Balaban J connectivity index is 2.20. The Kier molecular flexibility index (Phi) is 5.15. The van der Waals surface area contributed by atoms with Gasteiger partial charge in [-0.25, -0.2) is 0 Å². The molecule has 0 saturated heterocycles. The van der Waals surface area contributed by atoms with Crippen molar-refractivity contribution in [1.82, 2.24) is 5.32 Å². The quantitative estimate of drug-likeness (QED) is 0.353. The summed E-state index contributed by atoms with van der Waals surface area (Å²) in [4.78, 5) is 14.4. The van der Waals surface area contributed by atoms with Crippen LogP contribution in [0.3, 0.4) is 0 Å². The molecule has 1 unspecified atom stereocenters. The largest absolute Gasteiger partial charge is 0.368 e. The van der Waals surface area contributed by atoms with Crippen molar-refractivity contribution in [1.29, 1.82) is 0 Å². The average Bonchev–Trinajstić information content (AvgIpc) is 2.50. The molecule has 3 N–H and O–H groups in total. The van der Waals surface area contributed by atoms with Crippen LogP contribution in [-0.2, 0) is 4.79 Å². The fraction of sp³-hybridized carbons (Fsp3) is 0.267. The molecule has 0 fully saturated rings. The molecule has 0 radical (unpaired) electrons. The number of nitrogens with one attached hydrogen (secondary N) is 1. The molecule has 0 bridgehead atoms. The number of carbonyl (C=O) groups is 1. The van der Waals surface area contributed by atoms with E-state index >= 15 is 0 Å². The lowest BCUT2D eigenvalue weighted by Gasteiger charge is -2.17. The van der Waals surface area contributed by atoms with Gasteiger partial charge in [0.1, 0.15) is 6.04 Å². The van der Waals surface area contributed by atoms with Crippen LogP contribution in [0.5, 0.6) is 0 Å². The number of carbonyl (C=O) groups excluding carboxylic acids is 1. The van der Waals surface area contributed by atoms with Crippen LogP contribution in [-0.4, -0.2) is 19.0 Å². The Morgan fingerprint density at radius 2 is 2.05 bits per heavy atom. The third-order valence-electron chi connectivity index (χ3n) is 3.27. The molecular weight excluding hydrogens is 266 g/mol. The molecule has 0 aliphatic carbocycles. The summed E-state index contributed by atoms with van der Waals surface area (Å²) in [6.07, 6.45) is 0.651. The van der Waals surface area contributed by atoms with E-state index in [0.29, 0.717) is 19.5 Å². The lowest BCUT2D eigenvalue weighted by molar-refractivity contribution is -0.120. The molecule has 1 atom stereocenters. The van der Waals surface area contributed by atoms with E-state index in [0.717, 1.165) is 16.3 Å². The molecule has 21 heavy (non-hydrogen) atoms. The van der Waals surface area contributed by atoms with Gasteiger partial charge in [-0.15, -0.1) is 0 Å². The Bertz CT molecular complexity index is 673. The molecule has 6 heteroatoms. The highest BCUT2D eigenvalue weighted by molar-refractivity contribution is 5.92. The van der Waals surface area contributed by atoms with Gasteiger partial charge in [-0.3, -0.25) is 4.79 Å². The lowest BCUT2D eigenvalue weighted by atomic mass is 9.98. The van der Waals surface area contributed by atoms with Gasteiger partial charge in [0.15, 0.2) is 0 Å². The van der Waals surface area contributed by atoms with Crippen molar-refractivity contribution in [3.05, 3.63) is 58.5 Å². The highest BCUT2D eigenvalue weighted by atomic mass is 16.1. The molecule has 2 rings (SSSR count). The first-order valence-electron chi connectivity index (χ1n) is 6.75. The number of primary amides is 1. The summed E-state index contributed by atoms with van der Waals surface area (Å²) < 4.78 is 0. The van der Waals surface area contributed by atoms with Gasteiger partial charge in [0, 0.05) is 11.5 Å². The van der Waals surface area contributed by atoms with Gasteiger partial charge in [-0.2, -0.15) is 0 Å². The van der Waals surface area contributed by atoms with Crippen LogP contribution in [0.2, 0.25) is 0 Å². The first-order chi connectivity index (χ1) is 10.2. The van der Waals surface area contributed by atoms with E-state index in [-0.39, 0.29) is 0 Å². The molecule has 108 valence electrons. The summed E-state index contributed by atoms with van der Waals surface area (Å²) in [5.41, 5.74) is 14.6. The smallest absolute Gasteiger partial charge is 0.239 e. The van der Waals surface area contributed by atoms with Crippen molar-refractivity contribution in [2.24, 2.45) is 10.8 Å². The number of rotatable bonds is 7. The third-order valence-corrected chi connectivity index (χ3v) is 3.27. The van der Waals surface area contributed by atoms with Crippen molar-refractivity contribution in [3.8, 4) is 0 Å². The molecule has 2 aromatic rings. The minimum Gasteiger partial charge on any atom is -0.368 e. The molecule has 0 saturated carbocycles. The predicted molar refractivity (Wildman–Crippen MR) is 82.5 cm³/mol. The van der Waals surface area contributed by atoms with E-state index < -0.39 is 11.9 Å². The number of fused-ring (bicyclic) bond motifs is 1. The zero-order valence-corrected chi connectivity index (χ0v) is 11.6. The van der Waals surface area contributed by atoms with Gasteiger partial charge >= 0.3 is 0 Å². The second-order valence-electron chi connectivity index (χ2n) is 4.67. The number of nitrogens with two attached hydrogens (primary N) is 1. The molecule has 6 nitrogen and oxygen atoms in total. The Hall–Kier alpha value is -2.56. The summed E-state index contributed by atoms with van der Waals surface area (Å²) in [7, 11) is 0. The highest BCUT2D eigenvalue weighted by Gasteiger charge is 2.18. The van der Waals surface area contributed by atoms with Crippen LogP contribution in [0.4, 0.5) is 0 Å². The lowest BCUT2D eigenvalue weighted by Crippen LogP contribution is -2.34. The van der Waals surface area contributed by atoms with Gasteiger partial charge in [0.05, 0.1) is 0 Å². The Morgan fingerprint density at radius 3 is 2.81 bits per heavy atom. The van der Waals surface area contributed by atoms with Crippen LogP contribution >= 0.6 is 0 Å². The maximum Gasteiger partial charge on any atom is 0.239 e. The molecule has 0 aromatic heterocycles. The van der Waals surface area contributed by atoms with E-state index in [1.54, 1.807) is 0 Å². The maximum absolute atomic E-state index is 11.7. The van der Waals surface area contributed by atoms with E-state index in [1.807, 2.05) is 42.5 Å². The zero-order valence-electron chi connectivity index (χ0n) is 11.6. The fourth-order valence-corrected chi connectivity index (χ4v) is 2.31. The Morgan fingerprint density at radius 1 is 1.29 bits per heavy atom. The highest BCUT2D eigenvalue weighted by Crippen LogP contribution is 2.24. The third kappa shape index (κ3) is 3.72. The SMILES string of the molecule is [N-]=[N+]=NCCCNC(C(N)=O)c1cccc2ccccc12. The van der Waals surface area contributed by atoms with Gasteiger partial charge in [0.25, 0.3) is 0 Å². The van der Waals surface area contributed by atoms with Crippen molar-refractivity contribution in [3.63, 3.8) is 0 Å². The van der Waals surface area contributed by atoms with Crippen molar-refractivity contribution in [2.45, 2.75) is 12.5 Å². The molecule has 0 heterocycles. The maximum atomic E-state index is 11.7. The standard InChI is InChI=1S/C15H17N5O/c16-15(21)14(18-9-4-10-19-20-17)13-8-3-6-11-5-1-2-7-12(11)13/h1-3,5-8,14,18H,4,9-10H2,(H2,16,21). The predicted octanol–water partition coefficient (Wildman–Crippen LogP) is 2.66. The van der Waals surface area contributed by atoms with Crippen molar-refractivity contribution >= 4 is 16.7 Å². The van der Waals surface area contributed by atoms with E-state index in [2.05, 4.69) is 15.3 Å². The summed E-state index contributed by atoms with van der Waals surface area (Å²) in [5.74, 6) is -0.421. The summed E-state index contributed by atoms with van der Waals surface area (Å²) >= 11 is 0. The summed E-state index contributed by atoms with van der Waals surface area (Å²) in [6, 6.07) is 13.1. The van der Waals surface area contributed by atoms with Gasteiger partial charge in [-0.1, -0.05) is 47.6 Å². The van der Waals surface area contributed by atoms with Crippen LogP contribution in [0, 0.1) is 0 Å². The number of amides is 1. The number of hydrogen-bond acceptors (Lipinski definition) is 3. The number of benzene rings is 2. The zero-order chi connectivity index (χ0) is 15.1. The van der Waals surface area contributed by atoms with E-state index in [9.17, 15) is 4.79 Å². The monoisotopic (exact) mass is 283 g/mol. The fourth-order valence-electron chi connectivity index (χ4n) is 2.31. The number of hydrogen-bond donors (Lipinski definition) is 2. The van der Waals surface area contributed by atoms with Crippen LogP contribution < -0.4 is 11.1 Å². The summed E-state index contributed by atoms with van der Waals surface area (Å²) in [5, 5.41) is 8.66. The first-order valence-corrected chi connectivity index (χ1v) is 6.75. The van der Waals surface area contributed by atoms with Gasteiger partial charge < -0.3 is 11.1 Å². The van der Waals surface area contributed by atoms with Gasteiger partial charge in [0.2, 0.25) is 5.91 Å². The molecule has 2 aromatic carbocycles. The topological polar surface area (TPSA) is 104 Å². The van der Waals surface area contributed by atoms with E-state index in [1.165, 1.54) is 0 Å². The van der Waals surface area contributed by atoms with Crippen molar-refractivity contribution < 1.29 is 4.79 Å². The Labute approximate surface area is 122 Å².